The van der Waals surface area contributed by atoms with Crippen molar-refractivity contribution in [2.75, 3.05) is 0 Å². The van der Waals surface area contributed by atoms with Crippen molar-refractivity contribution in [1.29, 1.82) is 0 Å². The maximum Gasteiger partial charge on any atom is 0.105 e. The number of aryl methyl sites for hydroxylation is 1. The Bertz CT molecular complexity index is 263. The predicted molar refractivity (Wildman–Crippen MR) is 49.7 cm³/mol. The van der Waals surface area contributed by atoms with Crippen molar-refractivity contribution in [2.45, 2.75) is 13.8 Å². The highest BCUT2D eigenvalue weighted by Crippen LogP contribution is 2.19. The lowest BCUT2D eigenvalue weighted by Gasteiger charge is -1.94. The molecule has 0 unspecified atom stereocenters. The van der Waals surface area contributed by atoms with Gasteiger partial charge in [0.1, 0.15) is 4.99 Å². The van der Waals surface area contributed by atoms with E-state index in [9.17, 15) is 0 Å². The van der Waals surface area contributed by atoms with E-state index in [1.807, 2.05) is 12.3 Å². The SMILES string of the molecule is Cc1scc(C(N)=S)c1C. The topological polar surface area (TPSA) is 26.0 Å². The molecule has 0 amide bonds. The second-order valence-corrected chi connectivity index (χ2v) is 3.72. The van der Waals surface area contributed by atoms with Crippen LogP contribution in [0.25, 0.3) is 0 Å². The van der Waals surface area contributed by atoms with E-state index in [4.69, 9.17) is 18.0 Å². The van der Waals surface area contributed by atoms with Crippen molar-refractivity contribution in [3.05, 3.63) is 21.4 Å². The second-order valence-electron chi connectivity index (χ2n) is 2.19. The number of thiocarbonyl (C=S) groups is 1. The summed E-state index contributed by atoms with van der Waals surface area (Å²) in [5, 5.41) is 2.01. The molecule has 54 valence electrons. The van der Waals surface area contributed by atoms with Gasteiger partial charge >= 0.3 is 0 Å². The molecule has 0 radical (unpaired) electrons. The molecule has 0 aromatic carbocycles. The molecule has 1 rings (SSSR count). The Labute approximate surface area is 69.9 Å². The fourth-order valence-corrected chi connectivity index (χ4v) is 1.93. The summed E-state index contributed by atoms with van der Waals surface area (Å²) in [4.78, 5) is 1.80. The first-order valence-corrected chi connectivity index (χ1v) is 4.26. The van der Waals surface area contributed by atoms with Crippen LogP contribution in [0.15, 0.2) is 5.38 Å². The molecule has 1 aromatic heterocycles. The van der Waals surface area contributed by atoms with Crippen LogP contribution in [0.4, 0.5) is 0 Å². The molecule has 2 N–H and O–H groups in total. The Morgan fingerprint density at radius 2 is 2.20 bits per heavy atom. The average Bonchev–Trinajstić information content (AvgIpc) is 2.14. The van der Waals surface area contributed by atoms with E-state index in [0.717, 1.165) is 5.56 Å². The first-order chi connectivity index (χ1) is 4.63. The Morgan fingerprint density at radius 1 is 1.60 bits per heavy atom. The van der Waals surface area contributed by atoms with Crippen molar-refractivity contribution < 1.29 is 0 Å². The summed E-state index contributed by atoms with van der Waals surface area (Å²) in [6, 6.07) is 0. The number of thiophene rings is 1. The fraction of sp³-hybridized carbons (Fsp3) is 0.286. The molecule has 0 aliphatic rings. The van der Waals surface area contributed by atoms with Gasteiger partial charge in [0.15, 0.2) is 0 Å². The highest BCUT2D eigenvalue weighted by Gasteiger charge is 2.04. The smallest absolute Gasteiger partial charge is 0.105 e. The number of rotatable bonds is 1. The molecule has 3 heteroatoms. The monoisotopic (exact) mass is 171 g/mol. The van der Waals surface area contributed by atoms with Gasteiger partial charge < -0.3 is 5.73 Å². The summed E-state index contributed by atoms with van der Waals surface area (Å²) in [7, 11) is 0. The zero-order chi connectivity index (χ0) is 7.72. The fourth-order valence-electron chi connectivity index (χ4n) is 0.757. The molecule has 0 atom stereocenters. The first kappa shape index (κ1) is 7.69. The van der Waals surface area contributed by atoms with Crippen LogP contribution in [0.3, 0.4) is 0 Å². The van der Waals surface area contributed by atoms with Crippen molar-refractivity contribution in [1.82, 2.24) is 0 Å². The minimum atomic E-state index is 0.502. The van der Waals surface area contributed by atoms with E-state index in [1.165, 1.54) is 10.4 Å². The summed E-state index contributed by atoms with van der Waals surface area (Å²) >= 11 is 6.54. The zero-order valence-corrected chi connectivity index (χ0v) is 7.60. The van der Waals surface area contributed by atoms with Gasteiger partial charge in [-0.25, -0.2) is 0 Å². The molecule has 0 spiro atoms. The molecule has 10 heavy (non-hydrogen) atoms. The van der Waals surface area contributed by atoms with Crippen molar-refractivity contribution in [3.63, 3.8) is 0 Å². The molecule has 0 aliphatic heterocycles. The summed E-state index contributed by atoms with van der Waals surface area (Å²) in [6.45, 7) is 4.11. The largest absolute Gasteiger partial charge is 0.389 e. The predicted octanol–water partition coefficient (Wildman–Crippen LogP) is 2.00. The summed E-state index contributed by atoms with van der Waals surface area (Å²) in [6.07, 6.45) is 0. The quantitative estimate of drug-likeness (QED) is 0.654. The molecule has 0 aliphatic carbocycles. The lowest BCUT2D eigenvalue weighted by atomic mass is 10.2. The van der Waals surface area contributed by atoms with E-state index in [1.54, 1.807) is 11.3 Å². The van der Waals surface area contributed by atoms with Gasteiger partial charge in [0.25, 0.3) is 0 Å². The van der Waals surface area contributed by atoms with E-state index < -0.39 is 0 Å². The summed E-state index contributed by atoms with van der Waals surface area (Å²) in [5.74, 6) is 0. The Kier molecular flexibility index (Phi) is 2.06. The van der Waals surface area contributed by atoms with Gasteiger partial charge in [-0.3, -0.25) is 0 Å². The third-order valence-corrected chi connectivity index (χ3v) is 2.78. The van der Waals surface area contributed by atoms with Crippen LogP contribution in [0.1, 0.15) is 16.0 Å². The van der Waals surface area contributed by atoms with Crippen LogP contribution in [-0.2, 0) is 0 Å². The third-order valence-electron chi connectivity index (χ3n) is 1.55. The van der Waals surface area contributed by atoms with Gasteiger partial charge in [-0.1, -0.05) is 12.2 Å². The molecule has 1 heterocycles. The second kappa shape index (κ2) is 2.68. The van der Waals surface area contributed by atoms with Crippen LogP contribution in [0.5, 0.6) is 0 Å². The molecular formula is C7H9NS2. The Hall–Kier alpha value is -0.410. The minimum Gasteiger partial charge on any atom is -0.389 e. The Morgan fingerprint density at radius 3 is 2.40 bits per heavy atom. The van der Waals surface area contributed by atoms with Crippen molar-refractivity contribution >= 4 is 28.5 Å². The molecule has 0 saturated heterocycles. The zero-order valence-electron chi connectivity index (χ0n) is 5.97. The van der Waals surface area contributed by atoms with Crippen LogP contribution < -0.4 is 5.73 Å². The van der Waals surface area contributed by atoms with Gasteiger partial charge in [-0.15, -0.1) is 11.3 Å². The average molecular weight is 171 g/mol. The van der Waals surface area contributed by atoms with Crippen LogP contribution in [-0.4, -0.2) is 4.99 Å². The molecule has 0 fully saturated rings. The lowest BCUT2D eigenvalue weighted by Crippen LogP contribution is -2.09. The summed E-state index contributed by atoms with van der Waals surface area (Å²) in [5.41, 5.74) is 7.71. The van der Waals surface area contributed by atoms with Gasteiger partial charge in [0.05, 0.1) is 0 Å². The van der Waals surface area contributed by atoms with E-state index in [0.29, 0.717) is 4.99 Å². The van der Waals surface area contributed by atoms with Crippen molar-refractivity contribution in [3.8, 4) is 0 Å². The van der Waals surface area contributed by atoms with Crippen LogP contribution >= 0.6 is 23.6 Å². The normalized spacial score (nSPS) is 9.80. The van der Waals surface area contributed by atoms with Crippen LogP contribution in [0.2, 0.25) is 0 Å². The maximum atomic E-state index is 5.47. The number of nitrogens with two attached hydrogens (primary N) is 1. The van der Waals surface area contributed by atoms with E-state index in [-0.39, 0.29) is 0 Å². The molecule has 1 aromatic rings. The highest BCUT2D eigenvalue weighted by molar-refractivity contribution is 7.80. The highest BCUT2D eigenvalue weighted by atomic mass is 32.1. The van der Waals surface area contributed by atoms with Crippen molar-refractivity contribution in [2.24, 2.45) is 5.73 Å². The Balaban J connectivity index is 3.17. The number of hydrogen-bond acceptors (Lipinski definition) is 2. The number of hydrogen-bond donors (Lipinski definition) is 1. The molecular weight excluding hydrogens is 162 g/mol. The summed E-state index contributed by atoms with van der Waals surface area (Å²) < 4.78 is 0. The van der Waals surface area contributed by atoms with Gasteiger partial charge in [-0.2, -0.15) is 0 Å². The van der Waals surface area contributed by atoms with Gasteiger partial charge in [0.2, 0.25) is 0 Å². The molecule has 0 saturated carbocycles. The van der Waals surface area contributed by atoms with Gasteiger partial charge in [-0.05, 0) is 19.4 Å². The van der Waals surface area contributed by atoms with Gasteiger partial charge in [0, 0.05) is 15.8 Å². The van der Waals surface area contributed by atoms with E-state index >= 15 is 0 Å². The maximum absolute atomic E-state index is 5.47. The lowest BCUT2D eigenvalue weighted by molar-refractivity contribution is 1.42. The third kappa shape index (κ3) is 1.20. The minimum absolute atomic E-state index is 0.502. The first-order valence-electron chi connectivity index (χ1n) is 2.97. The molecule has 0 bridgehead atoms. The standard InChI is InChI=1S/C7H9NS2/c1-4-5(2)10-3-6(4)7(8)9/h3H,1-2H3,(H2,8,9). The molecule has 1 nitrogen and oxygen atoms in total. The van der Waals surface area contributed by atoms with E-state index in [2.05, 4.69) is 6.92 Å². The van der Waals surface area contributed by atoms with Crippen LogP contribution in [0, 0.1) is 13.8 Å².